The van der Waals surface area contributed by atoms with Gasteiger partial charge in [-0.05, 0) is 37.5 Å². The van der Waals surface area contributed by atoms with E-state index in [2.05, 4.69) is 0 Å². The van der Waals surface area contributed by atoms with Crippen LogP contribution in [0.4, 0.5) is 0 Å². The van der Waals surface area contributed by atoms with Crippen LogP contribution in [-0.4, -0.2) is 20.0 Å². The summed E-state index contributed by atoms with van der Waals surface area (Å²) in [6.07, 6.45) is 2.06. The number of carbonyl (C=O) groups excluding carboxylic acids is 1. The van der Waals surface area contributed by atoms with Crippen LogP contribution in [0.1, 0.15) is 32.3 Å². The lowest BCUT2D eigenvalue weighted by Crippen LogP contribution is -2.04. The monoisotopic (exact) mass is 254 g/mol. The first kappa shape index (κ1) is 13.9. The van der Waals surface area contributed by atoms with E-state index < -0.39 is 9.84 Å². The van der Waals surface area contributed by atoms with Crippen molar-refractivity contribution < 1.29 is 13.2 Å². The molecule has 94 valence electrons. The van der Waals surface area contributed by atoms with E-state index >= 15 is 0 Å². The number of hydrogen-bond donors (Lipinski definition) is 0. The van der Waals surface area contributed by atoms with Gasteiger partial charge in [-0.1, -0.05) is 19.1 Å². The summed E-state index contributed by atoms with van der Waals surface area (Å²) in [7, 11) is -3.13. The Morgan fingerprint density at radius 3 is 2.59 bits per heavy atom. The molecule has 0 atom stereocenters. The summed E-state index contributed by atoms with van der Waals surface area (Å²) in [5.74, 6) is 0.284. The number of Topliss-reactive ketones (excluding diaryl/α,β-unsaturated/α-hetero) is 1. The molecular formula is C13H18O3S. The number of rotatable bonds is 6. The molecule has 0 saturated heterocycles. The van der Waals surface area contributed by atoms with Crippen molar-refractivity contribution in [1.29, 1.82) is 0 Å². The standard InChI is InChI=1S/C13H18O3S/c1-3-17(15,16)13-9-5-8-12(10-13)7-4-6-11(2)14/h5,8-10H,3-4,6-7H2,1-2H3. The third-order valence-corrected chi connectivity index (χ3v) is 4.36. The topological polar surface area (TPSA) is 51.2 Å². The number of sulfone groups is 1. The lowest BCUT2D eigenvalue weighted by molar-refractivity contribution is -0.117. The highest BCUT2D eigenvalue weighted by Gasteiger charge is 2.11. The Morgan fingerprint density at radius 2 is 2.00 bits per heavy atom. The maximum absolute atomic E-state index is 11.7. The zero-order chi connectivity index (χ0) is 12.9. The summed E-state index contributed by atoms with van der Waals surface area (Å²) < 4.78 is 23.4. The van der Waals surface area contributed by atoms with Gasteiger partial charge in [-0.3, -0.25) is 0 Å². The molecule has 0 fully saturated rings. The highest BCUT2D eigenvalue weighted by molar-refractivity contribution is 7.91. The normalized spacial score (nSPS) is 11.4. The van der Waals surface area contributed by atoms with Crippen molar-refractivity contribution in [3.8, 4) is 0 Å². The maximum atomic E-state index is 11.7. The summed E-state index contributed by atoms with van der Waals surface area (Å²) in [5, 5.41) is 0. The quantitative estimate of drug-likeness (QED) is 0.783. The van der Waals surface area contributed by atoms with Gasteiger partial charge in [0, 0.05) is 6.42 Å². The molecule has 0 unspecified atom stereocenters. The largest absolute Gasteiger partial charge is 0.300 e. The molecule has 17 heavy (non-hydrogen) atoms. The number of ketones is 1. The third-order valence-electron chi connectivity index (χ3n) is 2.63. The van der Waals surface area contributed by atoms with Gasteiger partial charge in [-0.25, -0.2) is 8.42 Å². The second kappa shape index (κ2) is 5.96. The zero-order valence-electron chi connectivity index (χ0n) is 10.3. The molecule has 3 nitrogen and oxygen atoms in total. The van der Waals surface area contributed by atoms with Gasteiger partial charge in [0.2, 0.25) is 0 Å². The summed E-state index contributed by atoms with van der Waals surface area (Å²) in [6, 6.07) is 6.98. The minimum absolute atomic E-state index is 0.115. The van der Waals surface area contributed by atoms with Crippen LogP contribution in [0.2, 0.25) is 0 Å². The molecule has 1 aromatic carbocycles. The van der Waals surface area contributed by atoms with Crippen molar-refractivity contribution in [1.82, 2.24) is 0 Å². The Kier molecular flexibility index (Phi) is 4.87. The fourth-order valence-corrected chi connectivity index (χ4v) is 2.55. The first-order valence-electron chi connectivity index (χ1n) is 5.77. The number of carbonyl (C=O) groups is 1. The van der Waals surface area contributed by atoms with Crippen LogP contribution in [0.5, 0.6) is 0 Å². The number of aryl methyl sites for hydroxylation is 1. The Labute approximate surface area is 103 Å². The molecule has 0 N–H and O–H groups in total. The summed E-state index contributed by atoms with van der Waals surface area (Å²) in [4.78, 5) is 11.2. The fourth-order valence-electron chi connectivity index (χ4n) is 1.60. The molecule has 0 radical (unpaired) electrons. The number of hydrogen-bond acceptors (Lipinski definition) is 3. The molecule has 0 aromatic heterocycles. The van der Waals surface area contributed by atoms with Gasteiger partial charge in [0.25, 0.3) is 0 Å². The molecule has 0 aliphatic carbocycles. The molecule has 0 saturated carbocycles. The molecule has 0 spiro atoms. The lowest BCUT2D eigenvalue weighted by Gasteiger charge is -2.04. The second-order valence-electron chi connectivity index (χ2n) is 4.11. The van der Waals surface area contributed by atoms with Crippen LogP contribution in [0, 0.1) is 0 Å². The Hall–Kier alpha value is -1.16. The van der Waals surface area contributed by atoms with Gasteiger partial charge < -0.3 is 4.79 Å². The molecule has 0 heterocycles. The smallest absolute Gasteiger partial charge is 0.178 e. The molecule has 0 aliphatic rings. The Morgan fingerprint density at radius 1 is 1.29 bits per heavy atom. The van der Waals surface area contributed by atoms with E-state index in [1.54, 1.807) is 32.0 Å². The van der Waals surface area contributed by atoms with Crippen molar-refractivity contribution in [2.75, 3.05) is 5.75 Å². The van der Waals surface area contributed by atoms with E-state index in [-0.39, 0.29) is 11.5 Å². The Bertz CT molecular complexity index is 489. The molecule has 0 bridgehead atoms. The van der Waals surface area contributed by atoms with E-state index in [9.17, 15) is 13.2 Å². The average Bonchev–Trinajstić information content (AvgIpc) is 2.29. The second-order valence-corrected chi connectivity index (χ2v) is 6.38. The Balaban J connectivity index is 2.76. The molecule has 1 aromatic rings. The molecular weight excluding hydrogens is 236 g/mol. The predicted octanol–water partition coefficient (Wildman–Crippen LogP) is 2.39. The van der Waals surface area contributed by atoms with E-state index in [0.717, 1.165) is 18.4 Å². The van der Waals surface area contributed by atoms with Crippen molar-refractivity contribution in [3.05, 3.63) is 29.8 Å². The van der Waals surface area contributed by atoms with Gasteiger partial charge in [0.05, 0.1) is 10.6 Å². The van der Waals surface area contributed by atoms with E-state index in [0.29, 0.717) is 11.3 Å². The van der Waals surface area contributed by atoms with Crippen LogP contribution in [-0.2, 0) is 21.1 Å². The molecule has 1 rings (SSSR count). The minimum atomic E-state index is -3.13. The SMILES string of the molecule is CCS(=O)(=O)c1cccc(CCCC(C)=O)c1. The van der Waals surface area contributed by atoms with E-state index in [1.807, 2.05) is 6.07 Å². The van der Waals surface area contributed by atoms with Gasteiger partial charge in [-0.15, -0.1) is 0 Å². The van der Waals surface area contributed by atoms with E-state index in [1.165, 1.54) is 0 Å². The summed E-state index contributed by atoms with van der Waals surface area (Å²) in [5.41, 5.74) is 0.973. The van der Waals surface area contributed by atoms with Gasteiger partial charge in [0.15, 0.2) is 9.84 Å². The maximum Gasteiger partial charge on any atom is 0.178 e. The zero-order valence-corrected chi connectivity index (χ0v) is 11.1. The third kappa shape index (κ3) is 4.30. The summed E-state index contributed by atoms with van der Waals surface area (Å²) >= 11 is 0. The van der Waals surface area contributed by atoms with E-state index in [4.69, 9.17) is 0 Å². The van der Waals surface area contributed by atoms with Crippen LogP contribution in [0.3, 0.4) is 0 Å². The first-order valence-corrected chi connectivity index (χ1v) is 7.42. The first-order chi connectivity index (χ1) is 7.95. The van der Waals surface area contributed by atoms with Crippen molar-refractivity contribution >= 4 is 15.6 Å². The molecule has 0 aliphatic heterocycles. The molecule has 0 amide bonds. The van der Waals surface area contributed by atoms with Gasteiger partial charge in [-0.2, -0.15) is 0 Å². The van der Waals surface area contributed by atoms with Crippen molar-refractivity contribution in [2.24, 2.45) is 0 Å². The number of benzene rings is 1. The fraction of sp³-hybridized carbons (Fsp3) is 0.462. The van der Waals surface area contributed by atoms with Crippen LogP contribution in [0.15, 0.2) is 29.2 Å². The van der Waals surface area contributed by atoms with Gasteiger partial charge >= 0.3 is 0 Å². The van der Waals surface area contributed by atoms with Crippen LogP contribution >= 0.6 is 0 Å². The predicted molar refractivity (Wildman–Crippen MR) is 67.8 cm³/mol. The average molecular weight is 254 g/mol. The minimum Gasteiger partial charge on any atom is -0.300 e. The molecule has 4 heteroatoms. The van der Waals surface area contributed by atoms with Crippen molar-refractivity contribution in [2.45, 2.75) is 38.0 Å². The van der Waals surface area contributed by atoms with Crippen molar-refractivity contribution in [3.63, 3.8) is 0 Å². The highest BCUT2D eigenvalue weighted by atomic mass is 32.2. The highest BCUT2D eigenvalue weighted by Crippen LogP contribution is 2.14. The van der Waals surface area contributed by atoms with Crippen LogP contribution < -0.4 is 0 Å². The van der Waals surface area contributed by atoms with Gasteiger partial charge in [0.1, 0.15) is 5.78 Å². The summed E-state index contributed by atoms with van der Waals surface area (Å²) in [6.45, 7) is 3.20. The van der Waals surface area contributed by atoms with Crippen LogP contribution in [0.25, 0.3) is 0 Å². The lowest BCUT2D eigenvalue weighted by atomic mass is 10.1.